The molecule has 1 heterocycles. The summed E-state index contributed by atoms with van der Waals surface area (Å²) in [5, 5.41) is 7.48. The van der Waals surface area contributed by atoms with E-state index in [0.717, 1.165) is 50.9 Å². The number of guanidine groups is 1. The SMILES string of the molecule is CCSC1(CNC(=NC)NCC(C)Sc2ccccc2)CCOCC1. The van der Waals surface area contributed by atoms with Crippen LogP contribution in [0.4, 0.5) is 0 Å². The molecule has 0 saturated carbocycles. The predicted octanol–water partition coefficient (Wildman–Crippen LogP) is 3.63. The zero-order chi connectivity index (χ0) is 18.0. The van der Waals surface area contributed by atoms with Crippen LogP contribution in [0, 0.1) is 0 Å². The van der Waals surface area contributed by atoms with Crippen LogP contribution < -0.4 is 10.6 Å². The molecule has 1 aromatic carbocycles. The van der Waals surface area contributed by atoms with Gasteiger partial charge in [0.05, 0.1) is 0 Å². The monoisotopic (exact) mass is 381 g/mol. The molecule has 140 valence electrons. The van der Waals surface area contributed by atoms with E-state index >= 15 is 0 Å². The second-order valence-corrected chi connectivity index (χ2v) is 9.52. The van der Waals surface area contributed by atoms with E-state index < -0.39 is 0 Å². The summed E-state index contributed by atoms with van der Waals surface area (Å²) in [5.74, 6) is 2.03. The second-order valence-electron chi connectivity index (χ2n) is 6.28. The molecule has 1 aliphatic heterocycles. The minimum atomic E-state index is 0.273. The minimum absolute atomic E-state index is 0.273. The van der Waals surface area contributed by atoms with Gasteiger partial charge in [0.15, 0.2) is 5.96 Å². The number of hydrogen-bond donors (Lipinski definition) is 2. The highest BCUT2D eigenvalue weighted by Crippen LogP contribution is 2.34. The highest BCUT2D eigenvalue weighted by atomic mass is 32.2. The van der Waals surface area contributed by atoms with Gasteiger partial charge in [-0.25, -0.2) is 0 Å². The molecule has 0 aromatic heterocycles. The molecule has 0 aliphatic carbocycles. The number of benzene rings is 1. The van der Waals surface area contributed by atoms with Crippen molar-refractivity contribution in [1.29, 1.82) is 0 Å². The Bertz CT molecular complexity index is 513. The first-order chi connectivity index (χ1) is 12.2. The Balaban J connectivity index is 1.77. The van der Waals surface area contributed by atoms with Gasteiger partial charge in [0.25, 0.3) is 0 Å². The van der Waals surface area contributed by atoms with E-state index in [0.29, 0.717) is 5.25 Å². The lowest BCUT2D eigenvalue weighted by Crippen LogP contribution is -2.48. The summed E-state index contributed by atoms with van der Waals surface area (Å²) in [6, 6.07) is 10.5. The molecular formula is C19H31N3OS2. The first kappa shape index (κ1) is 20.5. The summed E-state index contributed by atoms with van der Waals surface area (Å²) < 4.78 is 5.82. The Hall–Kier alpha value is -0.850. The lowest BCUT2D eigenvalue weighted by Gasteiger charge is -2.37. The third kappa shape index (κ3) is 7.12. The molecule has 6 heteroatoms. The molecule has 4 nitrogen and oxygen atoms in total. The van der Waals surface area contributed by atoms with Gasteiger partial charge in [-0.05, 0) is 30.7 Å². The van der Waals surface area contributed by atoms with Crippen LogP contribution in [0.15, 0.2) is 40.2 Å². The number of ether oxygens (including phenoxy) is 1. The maximum absolute atomic E-state index is 5.55. The molecular weight excluding hydrogens is 350 g/mol. The van der Waals surface area contributed by atoms with E-state index in [9.17, 15) is 0 Å². The standard InChI is InChI=1S/C19H31N3OS2/c1-4-24-19(10-12-23-13-11-19)15-22-18(20-3)21-14-16(2)25-17-8-6-5-7-9-17/h5-9,16H,4,10-15H2,1-3H3,(H2,20,21,22). The number of hydrogen-bond acceptors (Lipinski definition) is 4. The van der Waals surface area contributed by atoms with Crippen molar-refractivity contribution in [3.63, 3.8) is 0 Å². The van der Waals surface area contributed by atoms with Crippen LogP contribution in [-0.2, 0) is 4.74 Å². The van der Waals surface area contributed by atoms with E-state index in [1.807, 2.05) is 30.6 Å². The Kier molecular flexibility index (Phi) is 8.99. The van der Waals surface area contributed by atoms with Crippen molar-refractivity contribution in [3.8, 4) is 0 Å². The van der Waals surface area contributed by atoms with Gasteiger partial charge in [0.1, 0.15) is 0 Å². The fourth-order valence-electron chi connectivity index (χ4n) is 2.90. The summed E-state index contributed by atoms with van der Waals surface area (Å²) in [7, 11) is 1.84. The van der Waals surface area contributed by atoms with Gasteiger partial charge in [-0.15, -0.1) is 11.8 Å². The zero-order valence-electron chi connectivity index (χ0n) is 15.6. The number of nitrogens with one attached hydrogen (secondary N) is 2. The molecule has 1 unspecified atom stereocenters. The van der Waals surface area contributed by atoms with Gasteiger partial charge >= 0.3 is 0 Å². The molecule has 0 bridgehead atoms. The summed E-state index contributed by atoms with van der Waals surface area (Å²) in [5.41, 5.74) is 0. The van der Waals surface area contributed by atoms with Crippen molar-refractivity contribution in [1.82, 2.24) is 10.6 Å². The summed E-state index contributed by atoms with van der Waals surface area (Å²) in [4.78, 5) is 5.69. The van der Waals surface area contributed by atoms with Crippen molar-refractivity contribution in [2.75, 3.05) is 39.1 Å². The highest BCUT2D eigenvalue weighted by Gasteiger charge is 2.32. The smallest absolute Gasteiger partial charge is 0.191 e. The molecule has 2 rings (SSSR count). The van der Waals surface area contributed by atoms with E-state index in [-0.39, 0.29) is 4.75 Å². The Morgan fingerprint density at radius 2 is 1.96 bits per heavy atom. The molecule has 1 atom stereocenters. The average Bonchev–Trinajstić information content (AvgIpc) is 2.64. The van der Waals surface area contributed by atoms with Crippen molar-refractivity contribution >= 4 is 29.5 Å². The van der Waals surface area contributed by atoms with Crippen LogP contribution in [0.5, 0.6) is 0 Å². The summed E-state index contributed by atoms with van der Waals surface area (Å²) >= 11 is 3.93. The van der Waals surface area contributed by atoms with Gasteiger partial charge in [-0.1, -0.05) is 32.0 Å². The number of thioether (sulfide) groups is 2. The fraction of sp³-hybridized carbons (Fsp3) is 0.632. The third-order valence-electron chi connectivity index (χ3n) is 4.29. The van der Waals surface area contributed by atoms with Crippen LogP contribution in [0.25, 0.3) is 0 Å². The van der Waals surface area contributed by atoms with Crippen molar-refractivity contribution < 1.29 is 4.74 Å². The lowest BCUT2D eigenvalue weighted by molar-refractivity contribution is 0.0782. The predicted molar refractivity (Wildman–Crippen MR) is 112 cm³/mol. The van der Waals surface area contributed by atoms with Gasteiger partial charge in [0.2, 0.25) is 0 Å². The molecule has 1 aliphatic rings. The number of rotatable bonds is 8. The van der Waals surface area contributed by atoms with E-state index in [4.69, 9.17) is 4.74 Å². The molecule has 25 heavy (non-hydrogen) atoms. The molecule has 1 saturated heterocycles. The normalized spacial score (nSPS) is 18.6. The molecule has 2 N–H and O–H groups in total. The van der Waals surface area contributed by atoms with E-state index in [2.05, 4.69) is 59.8 Å². The lowest BCUT2D eigenvalue weighted by atomic mass is 9.99. The van der Waals surface area contributed by atoms with Crippen molar-refractivity contribution in [2.24, 2.45) is 4.99 Å². The van der Waals surface area contributed by atoms with Gasteiger partial charge in [-0.3, -0.25) is 4.99 Å². The first-order valence-electron chi connectivity index (χ1n) is 9.05. The average molecular weight is 382 g/mol. The summed E-state index contributed by atoms with van der Waals surface area (Å²) in [6.45, 7) is 8.03. The maximum atomic E-state index is 5.55. The maximum Gasteiger partial charge on any atom is 0.191 e. The third-order valence-corrected chi connectivity index (χ3v) is 6.86. The summed E-state index contributed by atoms with van der Waals surface area (Å²) in [6.07, 6.45) is 2.21. The van der Waals surface area contributed by atoms with Gasteiger partial charge in [0, 0.05) is 48.2 Å². The van der Waals surface area contributed by atoms with Crippen LogP contribution in [-0.4, -0.2) is 55.1 Å². The van der Waals surface area contributed by atoms with Gasteiger partial charge < -0.3 is 15.4 Å². The van der Waals surface area contributed by atoms with Crippen LogP contribution in [0.2, 0.25) is 0 Å². The van der Waals surface area contributed by atoms with Crippen LogP contribution in [0.1, 0.15) is 26.7 Å². The quantitative estimate of drug-likeness (QED) is 0.409. The molecule has 0 radical (unpaired) electrons. The first-order valence-corrected chi connectivity index (χ1v) is 10.9. The number of aliphatic imine (C=N–C) groups is 1. The largest absolute Gasteiger partial charge is 0.381 e. The van der Waals surface area contributed by atoms with E-state index in [1.54, 1.807) is 0 Å². The Labute approximate surface area is 161 Å². The fourth-order valence-corrected chi connectivity index (χ4v) is 5.09. The number of nitrogens with zero attached hydrogens (tertiary/aromatic N) is 1. The zero-order valence-corrected chi connectivity index (χ0v) is 17.2. The van der Waals surface area contributed by atoms with Crippen molar-refractivity contribution in [3.05, 3.63) is 30.3 Å². The Morgan fingerprint density at radius 3 is 2.60 bits per heavy atom. The van der Waals surface area contributed by atoms with Crippen LogP contribution in [0.3, 0.4) is 0 Å². The molecule has 1 fully saturated rings. The Morgan fingerprint density at radius 1 is 1.24 bits per heavy atom. The van der Waals surface area contributed by atoms with Crippen LogP contribution >= 0.6 is 23.5 Å². The molecule has 0 spiro atoms. The second kappa shape index (κ2) is 11.0. The van der Waals surface area contributed by atoms with Gasteiger partial charge in [-0.2, -0.15) is 11.8 Å². The minimum Gasteiger partial charge on any atom is -0.381 e. The van der Waals surface area contributed by atoms with Crippen molar-refractivity contribution in [2.45, 2.75) is 41.6 Å². The molecule has 0 amide bonds. The highest BCUT2D eigenvalue weighted by molar-refractivity contribution is 8.00. The molecule has 1 aromatic rings. The van der Waals surface area contributed by atoms with E-state index in [1.165, 1.54) is 4.90 Å². The topological polar surface area (TPSA) is 45.7 Å².